The largest absolute Gasteiger partial charge is 0.481 e. The van der Waals surface area contributed by atoms with Crippen molar-refractivity contribution in [2.45, 2.75) is 34.1 Å². The number of carbonyl (C=O) groups is 2. The summed E-state index contributed by atoms with van der Waals surface area (Å²) in [6.07, 6.45) is 1.68. The van der Waals surface area contributed by atoms with Crippen LogP contribution in [-0.4, -0.2) is 29.3 Å². The van der Waals surface area contributed by atoms with Crippen molar-refractivity contribution >= 4 is 17.7 Å². The Labute approximate surface area is 135 Å². The lowest BCUT2D eigenvalue weighted by Gasteiger charge is -2.18. The van der Waals surface area contributed by atoms with Crippen LogP contribution in [0.2, 0.25) is 0 Å². The van der Waals surface area contributed by atoms with Crippen LogP contribution in [0, 0.1) is 19.8 Å². The summed E-state index contributed by atoms with van der Waals surface area (Å²) in [6.45, 7) is 7.77. The Morgan fingerprint density at radius 1 is 1.30 bits per heavy atom. The van der Waals surface area contributed by atoms with E-state index in [2.05, 4.69) is 4.99 Å². The lowest BCUT2D eigenvalue weighted by atomic mass is 9.97. The minimum Gasteiger partial charge on any atom is -0.481 e. The van der Waals surface area contributed by atoms with E-state index in [1.54, 1.807) is 18.2 Å². The number of carboxylic acids is 1. The van der Waals surface area contributed by atoms with Crippen molar-refractivity contribution in [1.29, 1.82) is 0 Å². The molecule has 0 amide bonds. The molecule has 1 aliphatic heterocycles. The number of hydrogen-bond donors (Lipinski definition) is 1. The third-order valence-electron chi connectivity index (χ3n) is 3.68. The molecular weight excluding hydrogens is 294 g/mol. The average Bonchev–Trinajstić information content (AvgIpc) is 2.43. The molecule has 122 valence electrons. The Hall–Kier alpha value is -2.43. The highest BCUT2D eigenvalue weighted by Gasteiger charge is 2.20. The molecule has 1 aliphatic rings. The Bertz CT molecular complexity index is 691. The molecule has 0 aromatic heterocycles. The number of carbonyl (C=O) groups excluding carboxylic acids is 1. The molecule has 1 heterocycles. The second kappa shape index (κ2) is 6.77. The molecule has 0 unspecified atom stereocenters. The topological polar surface area (TPSA) is 76.0 Å². The molecule has 5 heteroatoms. The molecule has 0 saturated carbocycles. The maximum Gasteiger partial charge on any atom is 0.307 e. The van der Waals surface area contributed by atoms with Crippen LogP contribution in [0.1, 0.15) is 30.5 Å². The van der Waals surface area contributed by atoms with Gasteiger partial charge in [0.05, 0.1) is 6.42 Å². The number of ether oxygens (including phenoxy) is 1. The molecule has 1 N–H and O–H groups in total. The number of aliphatic imine (C=N–C) groups is 1. The SMILES string of the molecule is Cc1cc(CC(=O)O)cc(C)c1OC1=NCC(=O)C(C(C)C)=C1. The quantitative estimate of drug-likeness (QED) is 0.927. The summed E-state index contributed by atoms with van der Waals surface area (Å²) in [5.41, 5.74) is 3.15. The van der Waals surface area contributed by atoms with Gasteiger partial charge < -0.3 is 9.84 Å². The van der Waals surface area contributed by atoms with E-state index in [0.29, 0.717) is 17.2 Å². The highest BCUT2D eigenvalue weighted by molar-refractivity contribution is 6.07. The van der Waals surface area contributed by atoms with Crippen LogP contribution in [0.3, 0.4) is 0 Å². The van der Waals surface area contributed by atoms with Crippen LogP contribution in [0.5, 0.6) is 5.75 Å². The minimum absolute atomic E-state index is 0.0190. The Kier molecular flexibility index (Phi) is 4.98. The average molecular weight is 315 g/mol. The summed E-state index contributed by atoms with van der Waals surface area (Å²) in [5, 5.41) is 8.89. The molecule has 0 saturated heterocycles. The van der Waals surface area contributed by atoms with Crippen molar-refractivity contribution in [1.82, 2.24) is 0 Å². The number of dihydropyridines is 1. The first-order valence-electron chi connectivity index (χ1n) is 7.57. The van der Waals surface area contributed by atoms with E-state index in [4.69, 9.17) is 9.84 Å². The Balaban J connectivity index is 2.27. The Morgan fingerprint density at radius 2 is 1.91 bits per heavy atom. The molecule has 2 rings (SSSR count). The number of aliphatic carboxylic acids is 1. The number of rotatable bonds is 4. The first-order chi connectivity index (χ1) is 10.8. The van der Waals surface area contributed by atoms with Crippen LogP contribution in [0.15, 0.2) is 28.8 Å². The fourth-order valence-corrected chi connectivity index (χ4v) is 2.63. The van der Waals surface area contributed by atoms with Crippen molar-refractivity contribution in [3.63, 3.8) is 0 Å². The number of aryl methyl sites for hydroxylation is 2. The summed E-state index contributed by atoms with van der Waals surface area (Å²) in [4.78, 5) is 26.8. The third kappa shape index (κ3) is 4.06. The van der Waals surface area contributed by atoms with Gasteiger partial charge in [0.15, 0.2) is 5.78 Å². The van der Waals surface area contributed by atoms with Crippen LogP contribution >= 0.6 is 0 Å². The molecule has 0 aliphatic carbocycles. The smallest absolute Gasteiger partial charge is 0.307 e. The fraction of sp³-hybridized carbons (Fsp3) is 0.389. The molecule has 5 nitrogen and oxygen atoms in total. The third-order valence-corrected chi connectivity index (χ3v) is 3.68. The normalized spacial score (nSPS) is 14.6. The predicted octanol–water partition coefficient (Wildman–Crippen LogP) is 2.87. The van der Waals surface area contributed by atoms with Gasteiger partial charge in [0, 0.05) is 11.6 Å². The van der Waals surface area contributed by atoms with Gasteiger partial charge in [-0.1, -0.05) is 26.0 Å². The highest BCUT2D eigenvalue weighted by Crippen LogP contribution is 2.26. The van der Waals surface area contributed by atoms with Gasteiger partial charge in [-0.05, 0) is 36.5 Å². The van der Waals surface area contributed by atoms with Gasteiger partial charge in [-0.3, -0.25) is 9.59 Å². The van der Waals surface area contributed by atoms with Crippen molar-refractivity contribution in [2.75, 3.05) is 6.54 Å². The lowest BCUT2D eigenvalue weighted by molar-refractivity contribution is -0.136. The number of Topliss-reactive ketones (excluding diaryl/α,β-unsaturated/α-hetero) is 1. The molecule has 0 atom stereocenters. The predicted molar refractivity (Wildman–Crippen MR) is 88.1 cm³/mol. The summed E-state index contributed by atoms with van der Waals surface area (Å²) in [5.74, 6) is 0.364. The monoisotopic (exact) mass is 315 g/mol. The van der Waals surface area contributed by atoms with Crippen molar-refractivity contribution in [3.8, 4) is 5.75 Å². The van der Waals surface area contributed by atoms with E-state index < -0.39 is 5.97 Å². The number of hydrogen-bond acceptors (Lipinski definition) is 4. The number of nitrogens with zero attached hydrogens (tertiary/aromatic N) is 1. The Morgan fingerprint density at radius 3 is 2.43 bits per heavy atom. The fourth-order valence-electron chi connectivity index (χ4n) is 2.63. The number of benzene rings is 1. The van der Waals surface area contributed by atoms with Crippen LogP contribution in [0.4, 0.5) is 0 Å². The maximum absolute atomic E-state index is 11.8. The standard InChI is InChI=1S/C18H21NO4/c1-10(2)14-8-16(19-9-15(14)20)23-18-11(3)5-13(6-12(18)4)7-17(21)22/h5-6,8,10H,7,9H2,1-4H3,(H,21,22). The van der Waals surface area contributed by atoms with Gasteiger partial charge in [-0.2, -0.15) is 0 Å². The van der Waals surface area contributed by atoms with Gasteiger partial charge in [0.2, 0.25) is 5.90 Å². The molecule has 0 bridgehead atoms. The van der Waals surface area contributed by atoms with E-state index >= 15 is 0 Å². The van der Waals surface area contributed by atoms with E-state index in [1.165, 1.54) is 0 Å². The van der Waals surface area contributed by atoms with Gasteiger partial charge in [0.25, 0.3) is 0 Å². The second-order valence-corrected chi connectivity index (χ2v) is 6.06. The number of ketones is 1. The van der Waals surface area contributed by atoms with E-state index in [9.17, 15) is 9.59 Å². The lowest BCUT2D eigenvalue weighted by Crippen LogP contribution is -2.22. The van der Waals surface area contributed by atoms with Crippen LogP contribution in [0.25, 0.3) is 0 Å². The zero-order valence-electron chi connectivity index (χ0n) is 13.8. The van der Waals surface area contributed by atoms with E-state index in [0.717, 1.165) is 16.7 Å². The van der Waals surface area contributed by atoms with Crippen molar-refractivity contribution < 1.29 is 19.4 Å². The maximum atomic E-state index is 11.8. The van der Waals surface area contributed by atoms with E-state index in [-0.39, 0.29) is 24.7 Å². The molecule has 1 aromatic carbocycles. The minimum atomic E-state index is -0.864. The van der Waals surface area contributed by atoms with Crippen LogP contribution in [-0.2, 0) is 16.0 Å². The van der Waals surface area contributed by atoms with E-state index in [1.807, 2.05) is 27.7 Å². The van der Waals surface area contributed by atoms with Gasteiger partial charge in [-0.15, -0.1) is 0 Å². The molecule has 1 aromatic rings. The first-order valence-corrected chi connectivity index (χ1v) is 7.57. The molecule has 0 fully saturated rings. The van der Waals surface area contributed by atoms with Crippen LogP contribution < -0.4 is 4.74 Å². The summed E-state index contributed by atoms with van der Waals surface area (Å²) >= 11 is 0. The first kappa shape index (κ1) is 16.9. The number of carboxylic acid groups (broad SMARTS) is 1. The van der Waals surface area contributed by atoms with Gasteiger partial charge >= 0.3 is 5.97 Å². The van der Waals surface area contributed by atoms with Crippen molar-refractivity contribution in [3.05, 3.63) is 40.5 Å². The summed E-state index contributed by atoms with van der Waals surface area (Å²) in [7, 11) is 0. The summed E-state index contributed by atoms with van der Waals surface area (Å²) < 4.78 is 5.88. The molecule has 23 heavy (non-hydrogen) atoms. The molecule has 0 spiro atoms. The zero-order valence-corrected chi connectivity index (χ0v) is 13.8. The second-order valence-electron chi connectivity index (χ2n) is 6.06. The van der Waals surface area contributed by atoms with Gasteiger partial charge in [-0.25, -0.2) is 4.99 Å². The molecular formula is C18H21NO4. The summed E-state index contributed by atoms with van der Waals surface area (Å²) in [6, 6.07) is 3.61. The van der Waals surface area contributed by atoms with Gasteiger partial charge in [0.1, 0.15) is 12.3 Å². The van der Waals surface area contributed by atoms with Crippen molar-refractivity contribution in [2.24, 2.45) is 10.9 Å². The molecule has 0 radical (unpaired) electrons. The highest BCUT2D eigenvalue weighted by atomic mass is 16.5. The zero-order chi connectivity index (χ0) is 17.1.